The summed E-state index contributed by atoms with van der Waals surface area (Å²) in [5.41, 5.74) is 0. The molecule has 0 aliphatic carbocycles. The van der Waals surface area contributed by atoms with Crippen LogP contribution in [-0.4, -0.2) is 21.5 Å². The van der Waals surface area contributed by atoms with Crippen molar-refractivity contribution >= 4 is 15.8 Å². The molecule has 1 aromatic carbocycles. The largest absolute Gasteiger partial charge is 0.466 e. The molecule has 0 fully saturated rings. The van der Waals surface area contributed by atoms with Crippen LogP contribution in [0.25, 0.3) is 0 Å². The van der Waals surface area contributed by atoms with Gasteiger partial charge in [-0.2, -0.15) is 0 Å². The Morgan fingerprint density at radius 2 is 1.94 bits per heavy atom. The smallest absolute Gasteiger partial charge is 0.331 e. The van der Waals surface area contributed by atoms with Gasteiger partial charge in [0.1, 0.15) is 0 Å². The minimum absolute atomic E-state index is 0.448. The van der Waals surface area contributed by atoms with Crippen LogP contribution in [0.5, 0.6) is 0 Å². The third-order valence-electron chi connectivity index (χ3n) is 1.80. The molecule has 0 aliphatic heterocycles. The molecule has 0 unspecified atom stereocenters. The van der Waals surface area contributed by atoms with Crippen molar-refractivity contribution < 1.29 is 26.7 Å². The fraction of sp³-hybridized carbons (Fsp3) is 0.100. The molecule has 0 N–H and O–H groups in total. The molecule has 1 rings (SSSR count). The number of carbonyl (C=O) groups is 1. The van der Waals surface area contributed by atoms with E-state index in [2.05, 4.69) is 4.74 Å². The summed E-state index contributed by atoms with van der Waals surface area (Å²) in [6.45, 7) is 0. The number of halogens is 2. The molecule has 0 saturated carbocycles. The van der Waals surface area contributed by atoms with E-state index in [1.54, 1.807) is 0 Å². The van der Waals surface area contributed by atoms with Crippen LogP contribution in [0.4, 0.5) is 8.78 Å². The topological polar surface area (TPSA) is 60.4 Å². The van der Waals surface area contributed by atoms with Crippen LogP contribution in [0.1, 0.15) is 0 Å². The van der Waals surface area contributed by atoms with Crippen LogP contribution in [0.3, 0.4) is 0 Å². The molecule has 0 radical (unpaired) electrons. The Hall–Kier alpha value is -1.76. The zero-order valence-corrected chi connectivity index (χ0v) is 9.50. The molecule has 0 saturated heterocycles. The van der Waals surface area contributed by atoms with Gasteiger partial charge in [0.15, 0.2) is 21.5 Å². The molecule has 0 heterocycles. The van der Waals surface area contributed by atoms with Crippen molar-refractivity contribution in [1.82, 2.24) is 0 Å². The summed E-state index contributed by atoms with van der Waals surface area (Å²) in [7, 11) is -2.91. The Balaban J connectivity index is 3.10. The molecule has 0 aromatic heterocycles. The predicted octanol–water partition coefficient (Wildman–Crippen LogP) is 1.43. The van der Waals surface area contributed by atoms with E-state index >= 15 is 0 Å². The number of ether oxygens (including phenoxy) is 1. The molecule has 7 heteroatoms. The Kier molecular flexibility index (Phi) is 3.95. The van der Waals surface area contributed by atoms with Gasteiger partial charge in [-0.15, -0.1) is 0 Å². The van der Waals surface area contributed by atoms with Crippen LogP contribution in [0, 0.1) is 11.6 Å². The number of carbonyl (C=O) groups excluding carboxylic acids is 1. The summed E-state index contributed by atoms with van der Waals surface area (Å²) >= 11 is 0. The number of methoxy groups -OCH3 is 1. The van der Waals surface area contributed by atoms with E-state index in [9.17, 15) is 22.0 Å². The van der Waals surface area contributed by atoms with Crippen molar-refractivity contribution in [2.75, 3.05) is 7.11 Å². The number of hydrogen-bond acceptors (Lipinski definition) is 4. The highest BCUT2D eigenvalue weighted by molar-refractivity contribution is 7.94. The summed E-state index contributed by atoms with van der Waals surface area (Å²) in [5, 5.41) is 0.561. The Morgan fingerprint density at radius 1 is 1.29 bits per heavy atom. The van der Waals surface area contributed by atoms with Crippen LogP contribution in [-0.2, 0) is 19.4 Å². The lowest BCUT2D eigenvalue weighted by Gasteiger charge is -1.99. The van der Waals surface area contributed by atoms with E-state index in [0.29, 0.717) is 23.6 Å². The van der Waals surface area contributed by atoms with Gasteiger partial charge in [-0.25, -0.2) is 22.0 Å². The van der Waals surface area contributed by atoms with E-state index in [4.69, 9.17) is 0 Å². The van der Waals surface area contributed by atoms with Gasteiger partial charge in [0, 0.05) is 11.5 Å². The molecule has 1 aromatic rings. The highest BCUT2D eigenvalue weighted by Gasteiger charge is 2.14. The van der Waals surface area contributed by atoms with Gasteiger partial charge in [-0.05, 0) is 18.2 Å². The van der Waals surface area contributed by atoms with Crippen molar-refractivity contribution in [3.05, 3.63) is 41.3 Å². The maximum absolute atomic E-state index is 12.8. The molecule has 0 spiro atoms. The average Bonchev–Trinajstić information content (AvgIpc) is 2.29. The second-order valence-corrected chi connectivity index (χ2v) is 4.78. The number of esters is 1. The first-order valence-corrected chi connectivity index (χ1v) is 5.87. The molecule has 92 valence electrons. The second-order valence-electron chi connectivity index (χ2n) is 2.95. The Labute approximate surface area is 96.4 Å². The SMILES string of the molecule is COC(=O)/C=C/S(=O)(=O)c1ccc(F)c(F)c1. The zero-order valence-electron chi connectivity index (χ0n) is 8.68. The quantitative estimate of drug-likeness (QED) is 0.469. The highest BCUT2D eigenvalue weighted by atomic mass is 32.2. The summed E-state index contributed by atoms with van der Waals surface area (Å²) in [6.07, 6.45) is 0.677. The third kappa shape index (κ3) is 3.35. The molecule has 4 nitrogen and oxygen atoms in total. The fourth-order valence-electron chi connectivity index (χ4n) is 0.946. The number of benzene rings is 1. The average molecular weight is 262 g/mol. The van der Waals surface area contributed by atoms with E-state index in [0.717, 1.165) is 13.2 Å². The molecule has 0 bridgehead atoms. The van der Waals surface area contributed by atoms with Crippen molar-refractivity contribution in [3.63, 3.8) is 0 Å². The van der Waals surface area contributed by atoms with Gasteiger partial charge in [0.25, 0.3) is 0 Å². The fourth-order valence-corrected chi connectivity index (χ4v) is 1.92. The van der Waals surface area contributed by atoms with Crippen LogP contribution in [0.15, 0.2) is 34.6 Å². The highest BCUT2D eigenvalue weighted by Crippen LogP contribution is 2.15. The number of sulfone groups is 1. The van der Waals surface area contributed by atoms with Crippen molar-refractivity contribution in [2.24, 2.45) is 0 Å². The first kappa shape index (κ1) is 13.3. The predicted molar refractivity (Wildman–Crippen MR) is 54.7 cm³/mol. The lowest BCUT2D eigenvalue weighted by atomic mass is 10.3. The van der Waals surface area contributed by atoms with E-state index in [1.807, 2.05) is 0 Å². The summed E-state index contributed by atoms with van der Waals surface area (Å²) in [5.74, 6) is -3.30. The standard InChI is InChI=1S/C10H8F2O4S/c1-16-10(13)4-5-17(14,15)7-2-3-8(11)9(12)6-7/h2-6H,1H3/b5-4+. The third-order valence-corrected chi connectivity index (χ3v) is 3.21. The summed E-state index contributed by atoms with van der Waals surface area (Å²) in [4.78, 5) is 10.3. The lowest BCUT2D eigenvalue weighted by molar-refractivity contribution is -0.134. The van der Waals surface area contributed by atoms with Crippen LogP contribution < -0.4 is 0 Å². The van der Waals surface area contributed by atoms with Crippen LogP contribution >= 0.6 is 0 Å². The first-order chi connectivity index (χ1) is 7.86. The molecule has 17 heavy (non-hydrogen) atoms. The van der Waals surface area contributed by atoms with Crippen molar-refractivity contribution in [2.45, 2.75) is 4.90 Å². The number of hydrogen-bond donors (Lipinski definition) is 0. The van der Waals surface area contributed by atoms with Crippen LogP contribution in [0.2, 0.25) is 0 Å². The van der Waals surface area contributed by atoms with E-state index < -0.39 is 32.3 Å². The first-order valence-electron chi connectivity index (χ1n) is 4.33. The van der Waals surface area contributed by atoms with Gasteiger partial charge in [-0.1, -0.05) is 0 Å². The van der Waals surface area contributed by atoms with Crippen molar-refractivity contribution in [3.8, 4) is 0 Å². The maximum Gasteiger partial charge on any atom is 0.331 e. The van der Waals surface area contributed by atoms with Crippen molar-refractivity contribution in [1.29, 1.82) is 0 Å². The Bertz CT molecular complexity index is 564. The van der Waals surface area contributed by atoms with E-state index in [1.165, 1.54) is 0 Å². The van der Waals surface area contributed by atoms with Gasteiger partial charge < -0.3 is 4.74 Å². The molecular formula is C10H8F2O4S. The minimum Gasteiger partial charge on any atom is -0.466 e. The summed E-state index contributed by atoms with van der Waals surface area (Å²) in [6, 6.07) is 2.12. The van der Waals surface area contributed by atoms with E-state index in [-0.39, 0.29) is 0 Å². The molecular weight excluding hydrogens is 254 g/mol. The van der Waals surface area contributed by atoms with Gasteiger partial charge in [0.05, 0.1) is 12.0 Å². The molecule has 0 aliphatic rings. The molecule has 0 atom stereocenters. The van der Waals surface area contributed by atoms with Gasteiger partial charge in [-0.3, -0.25) is 0 Å². The normalized spacial score (nSPS) is 11.7. The van der Waals surface area contributed by atoms with Gasteiger partial charge >= 0.3 is 5.97 Å². The maximum atomic E-state index is 12.8. The number of rotatable bonds is 3. The summed E-state index contributed by atoms with van der Waals surface area (Å²) < 4.78 is 52.7. The second kappa shape index (κ2) is 5.05. The van der Waals surface area contributed by atoms with Gasteiger partial charge in [0.2, 0.25) is 0 Å². The lowest BCUT2D eigenvalue weighted by Crippen LogP contribution is -2.01. The zero-order chi connectivity index (χ0) is 13.1. The monoisotopic (exact) mass is 262 g/mol. The molecule has 0 amide bonds. The minimum atomic E-state index is -3.99. The Morgan fingerprint density at radius 3 is 2.47 bits per heavy atom.